The van der Waals surface area contributed by atoms with Gasteiger partial charge < -0.3 is 10.4 Å². The average Bonchev–Trinajstić information content (AvgIpc) is 2.25. The first-order chi connectivity index (χ1) is 7.51. The molecular formula is C13H27NO2. The molecule has 0 aliphatic heterocycles. The lowest BCUT2D eigenvalue weighted by Crippen LogP contribution is -2.34. The molecule has 3 nitrogen and oxygen atoms in total. The van der Waals surface area contributed by atoms with E-state index in [9.17, 15) is 9.90 Å². The summed E-state index contributed by atoms with van der Waals surface area (Å²) in [4.78, 5) is 11.7. The summed E-state index contributed by atoms with van der Waals surface area (Å²) in [7, 11) is 0. The minimum Gasteiger partial charge on any atom is -0.393 e. The number of carbonyl (C=O) groups is 1. The second-order valence-electron chi connectivity index (χ2n) is 4.84. The number of aliphatic hydroxyl groups is 1. The highest BCUT2D eigenvalue weighted by molar-refractivity contribution is 5.78. The Hall–Kier alpha value is -0.570. The van der Waals surface area contributed by atoms with Gasteiger partial charge in [0, 0.05) is 12.5 Å². The molecule has 0 aliphatic rings. The molecule has 3 heteroatoms. The molecule has 0 radical (unpaired) electrons. The molecule has 96 valence electrons. The van der Waals surface area contributed by atoms with Crippen molar-refractivity contribution in [3.63, 3.8) is 0 Å². The maximum atomic E-state index is 11.7. The van der Waals surface area contributed by atoms with E-state index in [-0.39, 0.29) is 17.9 Å². The minimum absolute atomic E-state index is 0.0652. The van der Waals surface area contributed by atoms with Crippen molar-refractivity contribution in [2.75, 3.05) is 6.54 Å². The van der Waals surface area contributed by atoms with Crippen LogP contribution in [0.15, 0.2) is 0 Å². The van der Waals surface area contributed by atoms with Crippen LogP contribution in [0, 0.1) is 11.8 Å². The van der Waals surface area contributed by atoms with Gasteiger partial charge in [0.15, 0.2) is 0 Å². The first kappa shape index (κ1) is 15.4. The van der Waals surface area contributed by atoms with E-state index in [1.54, 1.807) is 0 Å². The molecule has 0 aromatic carbocycles. The lowest BCUT2D eigenvalue weighted by atomic mass is 10.0. The Morgan fingerprint density at radius 1 is 1.31 bits per heavy atom. The van der Waals surface area contributed by atoms with Crippen LogP contribution in [-0.2, 0) is 4.79 Å². The molecule has 0 aliphatic carbocycles. The third-order valence-electron chi connectivity index (χ3n) is 2.95. The van der Waals surface area contributed by atoms with Crippen molar-refractivity contribution >= 4 is 5.91 Å². The zero-order valence-electron chi connectivity index (χ0n) is 11.1. The Morgan fingerprint density at radius 3 is 2.44 bits per heavy atom. The molecule has 0 aromatic heterocycles. The number of hydrogen-bond acceptors (Lipinski definition) is 2. The van der Waals surface area contributed by atoms with Crippen molar-refractivity contribution in [3.8, 4) is 0 Å². The van der Waals surface area contributed by atoms with E-state index in [0.29, 0.717) is 18.8 Å². The van der Waals surface area contributed by atoms with Crippen molar-refractivity contribution in [1.29, 1.82) is 0 Å². The van der Waals surface area contributed by atoms with Crippen molar-refractivity contribution in [2.24, 2.45) is 11.8 Å². The summed E-state index contributed by atoms with van der Waals surface area (Å²) in [6.07, 6.45) is 3.22. The molecule has 3 unspecified atom stereocenters. The zero-order chi connectivity index (χ0) is 12.6. The lowest BCUT2D eigenvalue weighted by molar-refractivity contribution is -0.125. The highest BCUT2D eigenvalue weighted by atomic mass is 16.3. The molecule has 0 heterocycles. The molecule has 0 saturated carbocycles. The summed E-state index contributed by atoms with van der Waals surface area (Å²) in [5, 5.41) is 12.4. The molecule has 0 spiro atoms. The van der Waals surface area contributed by atoms with Gasteiger partial charge in [-0.1, -0.05) is 34.1 Å². The van der Waals surface area contributed by atoms with Gasteiger partial charge in [-0.2, -0.15) is 0 Å². The topological polar surface area (TPSA) is 49.3 Å². The number of aliphatic hydroxyl groups excluding tert-OH is 1. The van der Waals surface area contributed by atoms with Crippen LogP contribution in [0.3, 0.4) is 0 Å². The Bertz CT molecular complexity index is 194. The van der Waals surface area contributed by atoms with Gasteiger partial charge >= 0.3 is 0 Å². The van der Waals surface area contributed by atoms with E-state index < -0.39 is 0 Å². The summed E-state index contributed by atoms with van der Waals surface area (Å²) in [6, 6.07) is 0. The standard InChI is InChI=1S/C13H27NO2/c1-5-7-10(3)9-14-13(16)11(4)8-12(15)6-2/h10-12,15H,5-9H2,1-4H3,(H,14,16). The van der Waals surface area contributed by atoms with Gasteiger partial charge in [-0.15, -0.1) is 0 Å². The van der Waals surface area contributed by atoms with E-state index in [1.807, 2.05) is 13.8 Å². The zero-order valence-corrected chi connectivity index (χ0v) is 11.1. The van der Waals surface area contributed by atoms with Gasteiger partial charge in [0.05, 0.1) is 6.10 Å². The first-order valence-electron chi connectivity index (χ1n) is 6.46. The Kier molecular flexibility index (Phi) is 8.26. The summed E-state index contributed by atoms with van der Waals surface area (Å²) < 4.78 is 0. The molecule has 0 rings (SSSR count). The highest BCUT2D eigenvalue weighted by Gasteiger charge is 2.16. The van der Waals surface area contributed by atoms with Gasteiger partial charge in [-0.05, 0) is 25.2 Å². The molecule has 0 bridgehead atoms. The maximum Gasteiger partial charge on any atom is 0.222 e. The first-order valence-corrected chi connectivity index (χ1v) is 6.46. The second kappa shape index (κ2) is 8.57. The van der Waals surface area contributed by atoms with Crippen LogP contribution in [0.4, 0.5) is 0 Å². The maximum absolute atomic E-state index is 11.7. The summed E-state index contributed by atoms with van der Waals surface area (Å²) >= 11 is 0. The quantitative estimate of drug-likeness (QED) is 0.671. The van der Waals surface area contributed by atoms with E-state index in [4.69, 9.17) is 0 Å². The van der Waals surface area contributed by atoms with Gasteiger partial charge in [0.1, 0.15) is 0 Å². The normalized spacial score (nSPS) is 16.6. The Morgan fingerprint density at radius 2 is 1.94 bits per heavy atom. The minimum atomic E-state index is -0.353. The Balaban J connectivity index is 3.78. The smallest absolute Gasteiger partial charge is 0.222 e. The molecule has 1 amide bonds. The molecule has 2 N–H and O–H groups in total. The van der Waals surface area contributed by atoms with Crippen LogP contribution in [-0.4, -0.2) is 23.7 Å². The van der Waals surface area contributed by atoms with E-state index in [0.717, 1.165) is 19.4 Å². The van der Waals surface area contributed by atoms with E-state index in [1.165, 1.54) is 0 Å². The van der Waals surface area contributed by atoms with E-state index >= 15 is 0 Å². The molecule has 0 saturated heterocycles. The van der Waals surface area contributed by atoms with Crippen LogP contribution in [0.25, 0.3) is 0 Å². The fourth-order valence-corrected chi connectivity index (χ4v) is 1.73. The number of rotatable bonds is 8. The third-order valence-corrected chi connectivity index (χ3v) is 2.95. The second-order valence-corrected chi connectivity index (χ2v) is 4.84. The van der Waals surface area contributed by atoms with E-state index in [2.05, 4.69) is 19.2 Å². The fourth-order valence-electron chi connectivity index (χ4n) is 1.73. The number of hydrogen-bond donors (Lipinski definition) is 2. The third kappa shape index (κ3) is 6.83. The summed E-state index contributed by atoms with van der Waals surface area (Å²) in [6.45, 7) is 8.85. The van der Waals surface area contributed by atoms with Crippen LogP contribution in [0.1, 0.15) is 53.4 Å². The number of carbonyl (C=O) groups excluding carboxylic acids is 1. The van der Waals surface area contributed by atoms with Crippen molar-refractivity contribution in [2.45, 2.75) is 59.5 Å². The highest BCUT2D eigenvalue weighted by Crippen LogP contribution is 2.09. The Labute approximate surface area is 99.6 Å². The molecule has 0 aromatic rings. The summed E-state index contributed by atoms with van der Waals surface area (Å²) in [5.74, 6) is 0.511. The summed E-state index contributed by atoms with van der Waals surface area (Å²) in [5.41, 5.74) is 0. The number of amides is 1. The van der Waals surface area contributed by atoms with Crippen molar-refractivity contribution in [3.05, 3.63) is 0 Å². The van der Waals surface area contributed by atoms with Crippen LogP contribution < -0.4 is 5.32 Å². The van der Waals surface area contributed by atoms with Crippen molar-refractivity contribution < 1.29 is 9.90 Å². The van der Waals surface area contributed by atoms with Gasteiger partial charge in [-0.3, -0.25) is 4.79 Å². The number of nitrogens with one attached hydrogen (secondary N) is 1. The lowest BCUT2D eigenvalue weighted by Gasteiger charge is -2.17. The van der Waals surface area contributed by atoms with Crippen LogP contribution in [0.5, 0.6) is 0 Å². The van der Waals surface area contributed by atoms with Crippen LogP contribution in [0.2, 0.25) is 0 Å². The van der Waals surface area contributed by atoms with Gasteiger partial charge in [0.25, 0.3) is 0 Å². The molecule has 0 fully saturated rings. The van der Waals surface area contributed by atoms with Crippen LogP contribution >= 0.6 is 0 Å². The monoisotopic (exact) mass is 229 g/mol. The molecule has 16 heavy (non-hydrogen) atoms. The largest absolute Gasteiger partial charge is 0.393 e. The fraction of sp³-hybridized carbons (Fsp3) is 0.923. The SMILES string of the molecule is CCCC(C)CNC(=O)C(C)CC(O)CC. The average molecular weight is 229 g/mol. The predicted molar refractivity (Wildman–Crippen MR) is 67.2 cm³/mol. The molecular weight excluding hydrogens is 202 g/mol. The van der Waals surface area contributed by atoms with Gasteiger partial charge in [-0.25, -0.2) is 0 Å². The van der Waals surface area contributed by atoms with Crippen molar-refractivity contribution in [1.82, 2.24) is 5.32 Å². The predicted octanol–water partition coefficient (Wildman–Crippen LogP) is 2.34. The molecule has 3 atom stereocenters. The van der Waals surface area contributed by atoms with Gasteiger partial charge in [0.2, 0.25) is 5.91 Å².